The van der Waals surface area contributed by atoms with Crippen molar-refractivity contribution in [3.63, 3.8) is 0 Å². The van der Waals surface area contributed by atoms with Gasteiger partial charge in [-0.1, -0.05) is 11.8 Å². The number of benzene rings is 1. The molecular weight excluding hydrogens is 352 g/mol. The van der Waals surface area contributed by atoms with Gasteiger partial charge in [0, 0.05) is 24.8 Å². The Kier molecular flexibility index (Phi) is 6.68. The Labute approximate surface area is 157 Å². The molecule has 2 heterocycles. The topological polar surface area (TPSA) is 76.6 Å². The zero-order chi connectivity index (χ0) is 18.2. The van der Waals surface area contributed by atoms with Crippen LogP contribution in [0.1, 0.15) is 6.92 Å². The van der Waals surface area contributed by atoms with Crippen molar-refractivity contribution >= 4 is 29.2 Å². The second-order valence-electron chi connectivity index (χ2n) is 5.61. The van der Waals surface area contributed by atoms with Crippen LogP contribution in [0.15, 0.2) is 41.7 Å². The average molecular weight is 374 g/mol. The van der Waals surface area contributed by atoms with E-state index in [9.17, 15) is 4.79 Å². The minimum atomic E-state index is -0.0781. The molecule has 7 nitrogen and oxygen atoms in total. The maximum absolute atomic E-state index is 12.1. The molecule has 0 bridgehead atoms. The molecule has 1 N–H and O–H groups in total. The van der Waals surface area contributed by atoms with E-state index in [0.717, 1.165) is 35.4 Å². The third kappa shape index (κ3) is 5.34. The number of anilines is 2. The predicted molar refractivity (Wildman–Crippen MR) is 102 cm³/mol. The molecule has 1 aromatic heterocycles. The van der Waals surface area contributed by atoms with Gasteiger partial charge in [-0.3, -0.25) is 4.79 Å². The first-order valence-corrected chi connectivity index (χ1v) is 9.53. The smallest absolute Gasteiger partial charge is 0.234 e. The van der Waals surface area contributed by atoms with Crippen LogP contribution in [0, 0.1) is 0 Å². The van der Waals surface area contributed by atoms with Crippen LogP contribution in [-0.2, 0) is 9.53 Å². The SMILES string of the molecule is CCOc1ccc(NC(=O)CSc2cc(N3CCOCC3)ncn2)cc1. The van der Waals surface area contributed by atoms with Gasteiger partial charge in [0.2, 0.25) is 5.91 Å². The highest BCUT2D eigenvalue weighted by Crippen LogP contribution is 2.21. The standard InChI is InChI=1S/C18H22N4O3S/c1-2-25-15-5-3-14(4-6-15)21-17(23)12-26-18-11-16(19-13-20-18)22-7-9-24-10-8-22/h3-6,11,13H,2,7-10,12H2,1H3,(H,21,23). The number of hydrogen-bond donors (Lipinski definition) is 1. The highest BCUT2D eigenvalue weighted by atomic mass is 32.2. The van der Waals surface area contributed by atoms with Crippen molar-refractivity contribution in [3.05, 3.63) is 36.7 Å². The lowest BCUT2D eigenvalue weighted by molar-refractivity contribution is -0.113. The summed E-state index contributed by atoms with van der Waals surface area (Å²) in [7, 11) is 0. The van der Waals surface area contributed by atoms with E-state index in [1.54, 1.807) is 0 Å². The number of carbonyl (C=O) groups excluding carboxylic acids is 1. The summed E-state index contributed by atoms with van der Waals surface area (Å²) in [5.41, 5.74) is 0.746. The Balaban J connectivity index is 1.51. The van der Waals surface area contributed by atoms with Crippen molar-refractivity contribution in [1.82, 2.24) is 9.97 Å². The molecule has 0 saturated carbocycles. The third-order valence-electron chi connectivity index (χ3n) is 3.76. The molecule has 0 spiro atoms. The first-order chi connectivity index (χ1) is 12.7. The molecule has 8 heteroatoms. The van der Waals surface area contributed by atoms with Gasteiger partial charge in [0.1, 0.15) is 22.9 Å². The summed E-state index contributed by atoms with van der Waals surface area (Å²) in [6.45, 7) is 5.60. The molecule has 1 aromatic carbocycles. The molecule has 1 fully saturated rings. The van der Waals surface area contributed by atoms with Crippen LogP contribution >= 0.6 is 11.8 Å². The van der Waals surface area contributed by atoms with Gasteiger partial charge in [0.25, 0.3) is 0 Å². The van der Waals surface area contributed by atoms with Gasteiger partial charge >= 0.3 is 0 Å². The molecule has 2 aromatic rings. The molecule has 1 aliphatic rings. The summed E-state index contributed by atoms with van der Waals surface area (Å²) in [6, 6.07) is 9.25. The van der Waals surface area contributed by atoms with Crippen molar-refractivity contribution in [2.24, 2.45) is 0 Å². The van der Waals surface area contributed by atoms with Gasteiger partial charge in [0.05, 0.1) is 25.6 Å². The summed E-state index contributed by atoms with van der Waals surface area (Å²) in [6.07, 6.45) is 1.54. The van der Waals surface area contributed by atoms with Crippen molar-refractivity contribution < 1.29 is 14.3 Å². The summed E-state index contributed by atoms with van der Waals surface area (Å²) >= 11 is 1.39. The average Bonchev–Trinajstić information content (AvgIpc) is 2.69. The lowest BCUT2D eigenvalue weighted by Gasteiger charge is -2.27. The summed E-state index contributed by atoms with van der Waals surface area (Å²) in [5.74, 6) is 1.87. The van der Waals surface area contributed by atoms with Crippen LogP contribution in [0.3, 0.4) is 0 Å². The fourth-order valence-corrected chi connectivity index (χ4v) is 3.17. The van der Waals surface area contributed by atoms with Crippen molar-refractivity contribution in [3.8, 4) is 5.75 Å². The van der Waals surface area contributed by atoms with Gasteiger partial charge in [-0.15, -0.1) is 0 Å². The quantitative estimate of drug-likeness (QED) is 0.589. The molecule has 26 heavy (non-hydrogen) atoms. The maximum atomic E-state index is 12.1. The van der Waals surface area contributed by atoms with E-state index >= 15 is 0 Å². The molecule has 1 amide bonds. The molecule has 0 unspecified atom stereocenters. The number of rotatable bonds is 7. The summed E-state index contributed by atoms with van der Waals surface area (Å²) in [4.78, 5) is 22.9. The number of amides is 1. The Morgan fingerprint density at radius 2 is 2.04 bits per heavy atom. The predicted octanol–water partition coefficient (Wildman–Crippen LogP) is 2.44. The fourth-order valence-electron chi connectivity index (χ4n) is 2.51. The van der Waals surface area contributed by atoms with E-state index in [0.29, 0.717) is 19.8 Å². The summed E-state index contributed by atoms with van der Waals surface area (Å²) in [5, 5.41) is 3.65. The number of morpholine rings is 1. The maximum Gasteiger partial charge on any atom is 0.234 e. The highest BCUT2D eigenvalue weighted by molar-refractivity contribution is 7.99. The third-order valence-corrected chi connectivity index (χ3v) is 4.69. The van der Waals surface area contributed by atoms with E-state index in [1.807, 2.05) is 37.3 Å². The van der Waals surface area contributed by atoms with E-state index in [-0.39, 0.29) is 11.7 Å². The van der Waals surface area contributed by atoms with Crippen molar-refractivity contribution in [1.29, 1.82) is 0 Å². The highest BCUT2D eigenvalue weighted by Gasteiger charge is 2.13. The van der Waals surface area contributed by atoms with Gasteiger partial charge < -0.3 is 19.7 Å². The first-order valence-electron chi connectivity index (χ1n) is 8.55. The minimum absolute atomic E-state index is 0.0781. The molecule has 3 rings (SSSR count). The van der Waals surface area contributed by atoms with Gasteiger partial charge in [-0.05, 0) is 31.2 Å². The van der Waals surface area contributed by atoms with Crippen LogP contribution < -0.4 is 15.0 Å². The number of aromatic nitrogens is 2. The first kappa shape index (κ1) is 18.5. The second-order valence-corrected chi connectivity index (χ2v) is 6.60. The minimum Gasteiger partial charge on any atom is -0.494 e. The molecule has 1 aliphatic heterocycles. The largest absolute Gasteiger partial charge is 0.494 e. The fraction of sp³-hybridized carbons (Fsp3) is 0.389. The van der Waals surface area contributed by atoms with E-state index in [1.165, 1.54) is 18.1 Å². The van der Waals surface area contributed by atoms with Gasteiger partial charge in [-0.25, -0.2) is 9.97 Å². The van der Waals surface area contributed by atoms with Gasteiger partial charge in [0.15, 0.2) is 0 Å². The monoisotopic (exact) mass is 374 g/mol. The molecule has 0 aliphatic carbocycles. The zero-order valence-corrected chi connectivity index (χ0v) is 15.5. The van der Waals surface area contributed by atoms with Crippen LogP contribution in [0.25, 0.3) is 0 Å². The van der Waals surface area contributed by atoms with Crippen LogP contribution in [-0.4, -0.2) is 54.5 Å². The Hall–Kier alpha value is -2.32. The Morgan fingerprint density at radius 1 is 1.27 bits per heavy atom. The van der Waals surface area contributed by atoms with E-state index < -0.39 is 0 Å². The van der Waals surface area contributed by atoms with Crippen LogP contribution in [0.5, 0.6) is 5.75 Å². The summed E-state index contributed by atoms with van der Waals surface area (Å²) < 4.78 is 10.7. The number of ether oxygens (including phenoxy) is 2. The lowest BCUT2D eigenvalue weighted by Crippen LogP contribution is -2.36. The molecule has 138 valence electrons. The van der Waals surface area contributed by atoms with Crippen molar-refractivity contribution in [2.75, 3.05) is 48.9 Å². The molecular formula is C18H22N4O3S. The molecule has 0 radical (unpaired) electrons. The Morgan fingerprint density at radius 3 is 2.77 bits per heavy atom. The van der Waals surface area contributed by atoms with E-state index in [4.69, 9.17) is 9.47 Å². The molecule has 0 atom stereocenters. The number of hydrogen-bond acceptors (Lipinski definition) is 7. The van der Waals surface area contributed by atoms with E-state index in [2.05, 4.69) is 20.2 Å². The number of carbonyl (C=O) groups is 1. The second kappa shape index (κ2) is 9.40. The van der Waals surface area contributed by atoms with Crippen LogP contribution in [0.2, 0.25) is 0 Å². The zero-order valence-electron chi connectivity index (χ0n) is 14.7. The Bertz CT molecular complexity index is 721. The van der Waals surface area contributed by atoms with Crippen LogP contribution in [0.4, 0.5) is 11.5 Å². The van der Waals surface area contributed by atoms with Crippen molar-refractivity contribution in [2.45, 2.75) is 11.9 Å². The molecule has 1 saturated heterocycles. The number of thioether (sulfide) groups is 1. The number of nitrogens with zero attached hydrogens (tertiary/aromatic N) is 3. The lowest BCUT2D eigenvalue weighted by atomic mass is 10.3. The number of nitrogens with one attached hydrogen (secondary N) is 1. The van der Waals surface area contributed by atoms with Gasteiger partial charge in [-0.2, -0.15) is 0 Å². The normalized spacial score (nSPS) is 14.1.